The van der Waals surface area contributed by atoms with Crippen molar-refractivity contribution in [1.29, 1.82) is 0 Å². The van der Waals surface area contributed by atoms with Gasteiger partial charge in [0.15, 0.2) is 17.3 Å². The molecule has 0 aliphatic carbocycles. The first kappa shape index (κ1) is 17.4. The molecule has 0 heterocycles. The predicted molar refractivity (Wildman–Crippen MR) is 95.5 cm³/mol. The van der Waals surface area contributed by atoms with E-state index in [0.29, 0.717) is 22.8 Å². The van der Waals surface area contributed by atoms with Crippen molar-refractivity contribution in [2.75, 3.05) is 33.7 Å². The summed E-state index contributed by atoms with van der Waals surface area (Å²) in [7, 11) is 6.44. The quantitative estimate of drug-likeness (QED) is 0.621. The second kappa shape index (κ2) is 8.06. The highest BCUT2D eigenvalue weighted by molar-refractivity contribution is 6.10. The van der Waals surface area contributed by atoms with Gasteiger partial charge in [0.05, 0.1) is 21.3 Å². The highest BCUT2D eigenvalue weighted by atomic mass is 16.5. The van der Waals surface area contributed by atoms with Crippen LogP contribution >= 0.6 is 0 Å². The normalized spacial score (nSPS) is 10.5. The van der Waals surface area contributed by atoms with Gasteiger partial charge in [0.1, 0.15) is 0 Å². The van der Waals surface area contributed by atoms with Gasteiger partial charge in [-0.15, -0.1) is 0 Å². The summed E-state index contributed by atoms with van der Waals surface area (Å²) in [6, 6.07) is 10.9. The van der Waals surface area contributed by atoms with Crippen molar-refractivity contribution in [3.63, 3.8) is 0 Å². The van der Waals surface area contributed by atoms with Crippen LogP contribution in [0.15, 0.2) is 42.5 Å². The Hall–Kier alpha value is -2.95. The van der Waals surface area contributed by atoms with Gasteiger partial charge in [-0.3, -0.25) is 4.79 Å². The summed E-state index contributed by atoms with van der Waals surface area (Å²) >= 11 is 0. The number of para-hydroxylation sites is 1. The minimum atomic E-state index is -0.100. The summed E-state index contributed by atoms with van der Waals surface area (Å²) < 4.78 is 16.0. The molecule has 2 aromatic carbocycles. The van der Waals surface area contributed by atoms with Crippen molar-refractivity contribution in [1.82, 2.24) is 0 Å². The number of allylic oxidation sites excluding steroid dienone is 1. The fourth-order valence-electron chi connectivity index (χ4n) is 2.43. The Morgan fingerprint density at radius 3 is 2.29 bits per heavy atom. The molecule has 0 unspecified atom stereocenters. The average Bonchev–Trinajstić information content (AvgIpc) is 2.64. The van der Waals surface area contributed by atoms with E-state index in [4.69, 9.17) is 14.2 Å². The zero-order valence-electron chi connectivity index (χ0n) is 14.3. The van der Waals surface area contributed by atoms with Gasteiger partial charge in [0.25, 0.3) is 0 Å². The van der Waals surface area contributed by atoms with Crippen LogP contribution < -0.4 is 19.5 Å². The van der Waals surface area contributed by atoms with Crippen LogP contribution in [0.1, 0.15) is 15.9 Å². The minimum Gasteiger partial charge on any atom is -0.493 e. The number of nitrogens with one attached hydrogen (secondary N) is 1. The molecular formula is C19H21NO4. The summed E-state index contributed by atoms with van der Waals surface area (Å²) in [4.78, 5) is 12.5. The first-order valence-corrected chi connectivity index (χ1v) is 7.44. The number of ether oxygens (including phenoxy) is 3. The number of ketones is 1. The molecule has 24 heavy (non-hydrogen) atoms. The van der Waals surface area contributed by atoms with Gasteiger partial charge < -0.3 is 19.5 Å². The van der Waals surface area contributed by atoms with Gasteiger partial charge in [-0.25, -0.2) is 0 Å². The van der Waals surface area contributed by atoms with Gasteiger partial charge >= 0.3 is 0 Å². The molecule has 0 spiro atoms. The Balaban J connectivity index is 2.36. The summed E-state index contributed by atoms with van der Waals surface area (Å²) in [5.74, 6) is 1.48. The Labute approximate surface area is 141 Å². The zero-order chi connectivity index (χ0) is 17.5. The number of hydrogen-bond donors (Lipinski definition) is 1. The van der Waals surface area contributed by atoms with E-state index in [2.05, 4.69) is 5.32 Å². The number of methoxy groups -OCH3 is 3. The van der Waals surface area contributed by atoms with Crippen molar-refractivity contribution in [2.24, 2.45) is 0 Å². The van der Waals surface area contributed by atoms with Crippen LogP contribution in [0.2, 0.25) is 0 Å². The van der Waals surface area contributed by atoms with Crippen LogP contribution in [-0.4, -0.2) is 34.2 Å². The van der Waals surface area contributed by atoms with Gasteiger partial charge in [-0.1, -0.05) is 12.1 Å². The van der Waals surface area contributed by atoms with Crippen molar-refractivity contribution >= 4 is 17.5 Å². The number of benzene rings is 2. The molecule has 126 valence electrons. The van der Waals surface area contributed by atoms with Gasteiger partial charge in [-0.2, -0.15) is 0 Å². The summed E-state index contributed by atoms with van der Waals surface area (Å²) in [6.45, 7) is 0. The number of carbonyl (C=O) groups excluding carboxylic acids is 1. The topological polar surface area (TPSA) is 56.8 Å². The third-order valence-electron chi connectivity index (χ3n) is 3.61. The lowest BCUT2D eigenvalue weighted by molar-refractivity contribution is 0.104. The molecule has 2 aromatic rings. The second-order valence-corrected chi connectivity index (χ2v) is 4.92. The lowest BCUT2D eigenvalue weighted by atomic mass is 10.1. The summed E-state index contributed by atoms with van der Waals surface area (Å²) in [5.41, 5.74) is 2.12. The number of anilines is 1. The Morgan fingerprint density at radius 2 is 1.67 bits per heavy atom. The van der Waals surface area contributed by atoms with Gasteiger partial charge in [0, 0.05) is 23.9 Å². The zero-order valence-corrected chi connectivity index (χ0v) is 14.3. The summed E-state index contributed by atoms with van der Waals surface area (Å²) in [5, 5.41) is 3.01. The van der Waals surface area contributed by atoms with Crippen LogP contribution in [0.4, 0.5) is 5.69 Å². The van der Waals surface area contributed by atoms with Crippen molar-refractivity contribution in [3.8, 4) is 17.2 Å². The fraction of sp³-hybridized carbons (Fsp3) is 0.211. The standard InChI is InChI=1S/C19H21NO4/c1-20-15-8-6-5-7-14(15)16(21)11-9-13-10-12-17(22-2)19(24-4)18(13)23-3/h5-12,20H,1-4H3. The first-order valence-electron chi connectivity index (χ1n) is 7.44. The van der Waals surface area contributed by atoms with Crippen LogP contribution in [0.25, 0.3) is 6.08 Å². The average molecular weight is 327 g/mol. The van der Waals surface area contributed by atoms with Gasteiger partial charge in [-0.05, 0) is 36.4 Å². The summed E-state index contributed by atoms with van der Waals surface area (Å²) in [6.07, 6.45) is 3.22. The van der Waals surface area contributed by atoms with E-state index in [0.717, 1.165) is 11.3 Å². The molecule has 0 aliphatic rings. The van der Waals surface area contributed by atoms with E-state index in [1.54, 1.807) is 46.6 Å². The molecule has 0 aliphatic heterocycles. The molecule has 1 N–H and O–H groups in total. The molecule has 0 radical (unpaired) electrons. The van der Waals surface area contributed by atoms with Crippen LogP contribution in [0, 0.1) is 0 Å². The second-order valence-electron chi connectivity index (χ2n) is 4.92. The Kier molecular flexibility index (Phi) is 5.84. The van der Waals surface area contributed by atoms with E-state index in [1.165, 1.54) is 6.08 Å². The van der Waals surface area contributed by atoms with E-state index in [9.17, 15) is 4.79 Å². The number of rotatable bonds is 7. The van der Waals surface area contributed by atoms with E-state index >= 15 is 0 Å². The van der Waals surface area contributed by atoms with E-state index in [1.807, 2.05) is 24.3 Å². The Bertz CT molecular complexity index is 753. The molecule has 0 bridgehead atoms. The maximum absolute atomic E-state index is 12.5. The van der Waals surface area contributed by atoms with Crippen molar-refractivity contribution in [3.05, 3.63) is 53.6 Å². The molecule has 0 saturated heterocycles. The third kappa shape index (κ3) is 3.51. The third-order valence-corrected chi connectivity index (χ3v) is 3.61. The largest absolute Gasteiger partial charge is 0.493 e. The predicted octanol–water partition coefficient (Wildman–Crippen LogP) is 3.65. The molecule has 0 aromatic heterocycles. The van der Waals surface area contributed by atoms with Crippen LogP contribution in [-0.2, 0) is 0 Å². The first-order chi connectivity index (χ1) is 11.7. The highest BCUT2D eigenvalue weighted by Gasteiger charge is 2.14. The van der Waals surface area contributed by atoms with Crippen LogP contribution in [0.3, 0.4) is 0 Å². The maximum atomic E-state index is 12.5. The molecule has 5 heteroatoms. The minimum absolute atomic E-state index is 0.100. The molecule has 0 saturated carbocycles. The lowest BCUT2D eigenvalue weighted by Crippen LogP contribution is -2.01. The smallest absolute Gasteiger partial charge is 0.203 e. The molecule has 0 atom stereocenters. The monoisotopic (exact) mass is 327 g/mol. The van der Waals surface area contributed by atoms with Gasteiger partial charge in [0.2, 0.25) is 5.75 Å². The SMILES string of the molecule is CNc1ccccc1C(=O)C=Cc1ccc(OC)c(OC)c1OC. The Morgan fingerprint density at radius 1 is 0.958 bits per heavy atom. The molecule has 5 nitrogen and oxygen atoms in total. The molecule has 0 amide bonds. The van der Waals surface area contributed by atoms with Crippen LogP contribution in [0.5, 0.6) is 17.2 Å². The fourth-order valence-corrected chi connectivity index (χ4v) is 2.43. The lowest BCUT2D eigenvalue weighted by Gasteiger charge is -2.14. The van der Waals surface area contributed by atoms with E-state index in [-0.39, 0.29) is 5.78 Å². The molecule has 2 rings (SSSR count). The molecule has 0 fully saturated rings. The molecular weight excluding hydrogens is 306 g/mol. The highest BCUT2D eigenvalue weighted by Crippen LogP contribution is 2.40. The van der Waals surface area contributed by atoms with E-state index < -0.39 is 0 Å². The van der Waals surface area contributed by atoms with Crippen molar-refractivity contribution < 1.29 is 19.0 Å². The maximum Gasteiger partial charge on any atom is 0.203 e. The van der Waals surface area contributed by atoms with Crippen molar-refractivity contribution in [2.45, 2.75) is 0 Å². The number of carbonyl (C=O) groups is 1. The number of hydrogen-bond acceptors (Lipinski definition) is 5.